The molecule has 1 aliphatic carbocycles. The van der Waals surface area contributed by atoms with Gasteiger partial charge in [0.05, 0.1) is 23.3 Å². The molecule has 0 radical (unpaired) electrons. The molecule has 9 heteroatoms. The second-order valence-corrected chi connectivity index (χ2v) is 7.86. The first-order chi connectivity index (χ1) is 13.6. The number of hydrogen-bond donors (Lipinski definition) is 0. The summed E-state index contributed by atoms with van der Waals surface area (Å²) in [4.78, 5) is 16.9. The lowest BCUT2D eigenvalue weighted by molar-refractivity contribution is -0.252. The third-order valence-electron chi connectivity index (χ3n) is 4.77. The molecule has 2 unspecified atom stereocenters. The molecule has 0 amide bonds. The summed E-state index contributed by atoms with van der Waals surface area (Å²) in [6.45, 7) is 3.59. The second kappa shape index (κ2) is 8.03. The minimum atomic E-state index is -4.74. The lowest BCUT2D eigenvalue weighted by atomic mass is 9.83. The number of benzene rings is 1. The van der Waals surface area contributed by atoms with Gasteiger partial charge in [-0.05, 0) is 43.2 Å². The zero-order valence-corrected chi connectivity index (χ0v) is 17.2. The van der Waals surface area contributed by atoms with Crippen LogP contribution in [0.2, 0.25) is 0 Å². The van der Waals surface area contributed by atoms with Crippen LogP contribution in [0.15, 0.2) is 46.1 Å². The molecule has 0 saturated heterocycles. The molecule has 0 spiro atoms. The number of carbonyl (C=O) groups is 1. The molecule has 2 atom stereocenters. The molecule has 0 fully saturated rings. The fourth-order valence-electron chi connectivity index (χ4n) is 3.31. The van der Waals surface area contributed by atoms with Gasteiger partial charge in [-0.2, -0.15) is 13.2 Å². The maximum absolute atomic E-state index is 14.1. The predicted molar refractivity (Wildman–Crippen MR) is 104 cm³/mol. The summed E-state index contributed by atoms with van der Waals surface area (Å²) in [6.07, 6.45) is -2.49. The van der Waals surface area contributed by atoms with E-state index in [0.29, 0.717) is 16.7 Å². The lowest BCUT2D eigenvalue weighted by Gasteiger charge is -2.32. The minimum Gasteiger partial charge on any atom is -0.462 e. The van der Waals surface area contributed by atoms with Crippen LogP contribution in [0.5, 0.6) is 0 Å². The van der Waals surface area contributed by atoms with Crippen molar-refractivity contribution in [3.05, 3.63) is 57.6 Å². The molecule has 1 aliphatic heterocycles. The van der Waals surface area contributed by atoms with Gasteiger partial charge in [0.15, 0.2) is 0 Å². The van der Waals surface area contributed by atoms with E-state index in [-0.39, 0.29) is 29.3 Å². The average molecular weight is 448 g/mol. The third kappa shape index (κ3) is 4.16. The second-order valence-electron chi connectivity index (χ2n) is 6.81. The van der Waals surface area contributed by atoms with Crippen molar-refractivity contribution in [2.75, 3.05) is 6.61 Å². The molecule has 1 aromatic carbocycles. The molecule has 4 nitrogen and oxygen atoms in total. The maximum Gasteiger partial charge on any atom is 0.435 e. The van der Waals surface area contributed by atoms with Crippen molar-refractivity contribution < 1.29 is 27.5 Å². The van der Waals surface area contributed by atoms with Gasteiger partial charge < -0.3 is 9.57 Å². The van der Waals surface area contributed by atoms with Crippen LogP contribution >= 0.6 is 23.2 Å². The van der Waals surface area contributed by atoms with Crippen LogP contribution in [0.3, 0.4) is 0 Å². The molecule has 0 aromatic heterocycles. The van der Waals surface area contributed by atoms with Crippen LogP contribution in [0.4, 0.5) is 13.2 Å². The highest BCUT2D eigenvalue weighted by atomic mass is 35.5. The Morgan fingerprint density at radius 3 is 2.72 bits per heavy atom. The standard InChI is InChI=1S/C20H18Cl2F3NO3/c1-3-28-18(27)16-5-4-12(6-11(16)2)17-10-19(29-26-17,20(23,24)25)13-7-14(21)9-15(22)8-13/h4-8,14H,3,9-10H2,1-2H3. The Morgan fingerprint density at radius 2 is 2.14 bits per heavy atom. The lowest BCUT2D eigenvalue weighted by Crippen LogP contribution is -2.47. The van der Waals surface area contributed by atoms with E-state index in [2.05, 4.69) is 5.16 Å². The number of nitrogens with zero attached hydrogens (tertiary/aromatic N) is 1. The van der Waals surface area contributed by atoms with E-state index in [1.807, 2.05) is 0 Å². The van der Waals surface area contributed by atoms with Crippen molar-refractivity contribution >= 4 is 34.9 Å². The molecule has 1 heterocycles. The number of oxime groups is 1. The topological polar surface area (TPSA) is 47.9 Å². The highest BCUT2D eigenvalue weighted by Gasteiger charge is 2.63. The van der Waals surface area contributed by atoms with E-state index in [1.165, 1.54) is 24.3 Å². The summed E-state index contributed by atoms with van der Waals surface area (Å²) < 4.78 is 47.2. The number of ether oxygens (including phenoxy) is 1. The van der Waals surface area contributed by atoms with Gasteiger partial charge in [0.25, 0.3) is 5.60 Å². The highest BCUT2D eigenvalue weighted by Crippen LogP contribution is 2.48. The van der Waals surface area contributed by atoms with Gasteiger partial charge in [-0.15, -0.1) is 11.6 Å². The van der Waals surface area contributed by atoms with Gasteiger partial charge in [-0.1, -0.05) is 28.9 Å². The minimum absolute atomic E-state index is 0.114. The number of halogens is 5. The first-order valence-corrected chi connectivity index (χ1v) is 9.71. The third-order valence-corrected chi connectivity index (χ3v) is 5.31. The Kier molecular flexibility index (Phi) is 6.01. The predicted octanol–water partition coefficient (Wildman–Crippen LogP) is 5.66. The van der Waals surface area contributed by atoms with E-state index in [4.69, 9.17) is 32.8 Å². The summed E-state index contributed by atoms with van der Waals surface area (Å²) in [5.74, 6) is -0.494. The van der Waals surface area contributed by atoms with Crippen LogP contribution in [0, 0.1) is 6.92 Å². The van der Waals surface area contributed by atoms with Crippen molar-refractivity contribution in [1.82, 2.24) is 0 Å². The van der Waals surface area contributed by atoms with Gasteiger partial charge in [0.2, 0.25) is 0 Å². The number of aryl methyl sites for hydroxylation is 1. The van der Waals surface area contributed by atoms with Crippen molar-refractivity contribution in [2.45, 2.75) is 43.8 Å². The fraction of sp³-hybridized carbons (Fsp3) is 0.400. The van der Waals surface area contributed by atoms with Crippen molar-refractivity contribution in [3.8, 4) is 0 Å². The first-order valence-electron chi connectivity index (χ1n) is 8.89. The van der Waals surface area contributed by atoms with E-state index < -0.39 is 29.5 Å². The average Bonchev–Trinajstić information content (AvgIpc) is 3.07. The van der Waals surface area contributed by atoms with Crippen LogP contribution in [0.1, 0.15) is 41.3 Å². The molecule has 156 valence electrons. The Labute approximate surface area is 175 Å². The van der Waals surface area contributed by atoms with E-state index in [1.54, 1.807) is 19.9 Å². The Morgan fingerprint density at radius 1 is 1.41 bits per heavy atom. The van der Waals surface area contributed by atoms with Crippen molar-refractivity contribution in [3.63, 3.8) is 0 Å². The molecule has 0 N–H and O–H groups in total. The Balaban J connectivity index is 1.93. The first kappa shape index (κ1) is 21.7. The zero-order chi connectivity index (χ0) is 21.4. The van der Waals surface area contributed by atoms with E-state index in [0.717, 1.165) is 0 Å². The molecule has 1 aromatic rings. The summed E-state index contributed by atoms with van der Waals surface area (Å²) in [6, 6.07) is 4.61. The zero-order valence-electron chi connectivity index (χ0n) is 15.6. The molecule has 0 bridgehead atoms. The molecule has 2 aliphatic rings. The van der Waals surface area contributed by atoms with Gasteiger partial charge >= 0.3 is 12.1 Å². The smallest absolute Gasteiger partial charge is 0.435 e. The molecular weight excluding hydrogens is 430 g/mol. The van der Waals surface area contributed by atoms with E-state index >= 15 is 0 Å². The number of hydrogen-bond acceptors (Lipinski definition) is 4. The Hall–Kier alpha value is -1.99. The normalized spacial score (nSPS) is 24.4. The largest absolute Gasteiger partial charge is 0.462 e. The van der Waals surface area contributed by atoms with Crippen LogP contribution in [-0.2, 0) is 9.57 Å². The molecule has 29 heavy (non-hydrogen) atoms. The highest BCUT2D eigenvalue weighted by molar-refractivity contribution is 6.31. The Bertz CT molecular complexity index is 924. The summed E-state index contributed by atoms with van der Waals surface area (Å²) in [7, 11) is 0. The summed E-state index contributed by atoms with van der Waals surface area (Å²) in [5, 5.41) is 3.28. The number of alkyl halides is 4. The van der Waals surface area contributed by atoms with Crippen LogP contribution < -0.4 is 0 Å². The van der Waals surface area contributed by atoms with Gasteiger partial charge in [0.1, 0.15) is 0 Å². The molecule has 3 rings (SSSR count). The van der Waals surface area contributed by atoms with Gasteiger partial charge in [0, 0.05) is 23.4 Å². The number of esters is 1. The summed E-state index contributed by atoms with van der Waals surface area (Å²) >= 11 is 12.0. The quantitative estimate of drug-likeness (QED) is 0.442. The van der Waals surface area contributed by atoms with Crippen LogP contribution in [-0.4, -0.2) is 35.4 Å². The molecule has 0 saturated carbocycles. The maximum atomic E-state index is 14.1. The van der Waals surface area contributed by atoms with Crippen LogP contribution in [0.25, 0.3) is 0 Å². The molecular formula is C20H18Cl2F3NO3. The van der Waals surface area contributed by atoms with Crippen molar-refractivity contribution in [1.29, 1.82) is 0 Å². The van der Waals surface area contributed by atoms with Gasteiger partial charge in [-0.25, -0.2) is 4.79 Å². The summed E-state index contributed by atoms with van der Waals surface area (Å²) in [5.41, 5.74) is -1.39. The fourth-order valence-corrected chi connectivity index (χ4v) is 3.97. The number of rotatable bonds is 4. The monoisotopic (exact) mass is 447 g/mol. The SMILES string of the molecule is CCOC(=O)c1ccc(C2=NOC(C3=CC(Cl)CC(Cl)=C3)(C(F)(F)F)C2)cc1C. The number of allylic oxidation sites excluding steroid dienone is 2. The van der Waals surface area contributed by atoms with E-state index in [9.17, 15) is 18.0 Å². The van der Waals surface area contributed by atoms with Gasteiger partial charge in [-0.3, -0.25) is 0 Å². The number of carbonyl (C=O) groups excluding carboxylic acids is 1. The van der Waals surface area contributed by atoms with Crippen molar-refractivity contribution in [2.24, 2.45) is 5.16 Å².